The number of nitrogens with one attached hydrogen (secondary N) is 1. The number of rotatable bonds is 3. The van der Waals surface area contributed by atoms with E-state index in [9.17, 15) is 4.79 Å². The summed E-state index contributed by atoms with van der Waals surface area (Å²) in [5.74, 6) is 0.624. The second-order valence-electron chi connectivity index (χ2n) is 5.25. The van der Waals surface area contributed by atoms with Crippen molar-refractivity contribution in [3.8, 4) is 5.75 Å². The molecule has 1 N–H and O–H groups in total. The Kier molecular flexibility index (Phi) is 4.16. The van der Waals surface area contributed by atoms with Crippen LogP contribution in [0.5, 0.6) is 5.75 Å². The average Bonchev–Trinajstić information content (AvgIpc) is 2.54. The van der Waals surface area contributed by atoms with Crippen molar-refractivity contribution in [2.24, 2.45) is 0 Å². The molecular formula is C18H16ClNO2. The summed E-state index contributed by atoms with van der Waals surface area (Å²) in [5.41, 5.74) is 2.49. The van der Waals surface area contributed by atoms with Gasteiger partial charge in [0.1, 0.15) is 12.4 Å². The highest BCUT2D eigenvalue weighted by atomic mass is 35.5. The largest absolute Gasteiger partial charge is 0.488 e. The van der Waals surface area contributed by atoms with Crippen LogP contribution in [0.2, 0.25) is 5.02 Å². The fourth-order valence-corrected chi connectivity index (χ4v) is 2.57. The average molecular weight is 314 g/mol. The Morgan fingerprint density at radius 2 is 2.00 bits per heavy atom. The van der Waals surface area contributed by atoms with Gasteiger partial charge < -0.3 is 10.1 Å². The molecule has 2 aromatic rings. The number of hydrogen-bond acceptors (Lipinski definition) is 2. The molecule has 3 rings (SSSR count). The zero-order chi connectivity index (χ0) is 15.5. The van der Waals surface area contributed by atoms with Crippen LogP contribution in [0.15, 0.2) is 54.1 Å². The first-order chi connectivity index (χ1) is 10.6. The molecule has 1 amide bonds. The first-order valence-corrected chi connectivity index (χ1v) is 7.50. The van der Waals surface area contributed by atoms with Crippen molar-refractivity contribution in [3.63, 3.8) is 0 Å². The summed E-state index contributed by atoms with van der Waals surface area (Å²) in [6.45, 7) is 2.23. The normalized spacial score (nSPS) is 14.4. The molecule has 22 heavy (non-hydrogen) atoms. The summed E-state index contributed by atoms with van der Waals surface area (Å²) in [4.78, 5) is 12.4. The van der Waals surface area contributed by atoms with Crippen LogP contribution in [-0.4, -0.2) is 12.5 Å². The van der Waals surface area contributed by atoms with Gasteiger partial charge in [0.15, 0.2) is 0 Å². The van der Waals surface area contributed by atoms with Crippen molar-refractivity contribution in [2.75, 3.05) is 6.61 Å². The zero-order valence-corrected chi connectivity index (χ0v) is 12.9. The number of carbonyl (C=O) groups is 1. The molecule has 0 aliphatic carbocycles. The van der Waals surface area contributed by atoms with Crippen LogP contribution in [0.1, 0.15) is 24.1 Å². The van der Waals surface area contributed by atoms with E-state index < -0.39 is 0 Å². The van der Waals surface area contributed by atoms with Gasteiger partial charge in [-0.25, -0.2) is 0 Å². The van der Waals surface area contributed by atoms with Crippen molar-refractivity contribution in [3.05, 3.63) is 70.3 Å². The summed E-state index contributed by atoms with van der Waals surface area (Å²) >= 11 is 5.98. The van der Waals surface area contributed by atoms with Crippen molar-refractivity contribution < 1.29 is 9.53 Å². The number of carbonyl (C=O) groups excluding carboxylic acids is 1. The molecule has 112 valence electrons. The Bertz CT molecular complexity index is 725. The van der Waals surface area contributed by atoms with E-state index in [2.05, 4.69) is 5.32 Å². The minimum Gasteiger partial charge on any atom is -0.488 e. The highest BCUT2D eigenvalue weighted by molar-refractivity contribution is 6.30. The van der Waals surface area contributed by atoms with Gasteiger partial charge in [-0.2, -0.15) is 0 Å². The lowest BCUT2D eigenvalue weighted by Gasteiger charge is -2.20. The molecule has 1 unspecified atom stereocenters. The minimum atomic E-state index is -0.123. The van der Waals surface area contributed by atoms with Crippen LogP contribution in [-0.2, 0) is 4.79 Å². The molecule has 0 saturated carbocycles. The van der Waals surface area contributed by atoms with Crippen molar-refractivity contribution >= 4 is 23.6 Å². The van der Waals surface area contributed by atoms with Crippen LogP contribution in [0, 0.1) is 0 Å². The molecule has 0 bridgehead atoms. The molecular weight excluding hydrogens is 298 g/mol. The van der Waals surface area contributed by atoms with Crippen LogP contribution in [0.3, 0.4) is 0 Å². The van der Waals surface area contributed by atoms with Gasteiger partial charge in [-0.05, 0) is 36.8 Å². The topological polar surface area (TPSA) is 38.3 Å². The first-order valence-electron chi connectivity index (χ1n) is 7.12. The Labute approximate surface area is 134 Å². The summed E-state index contributed by atoms with van der Waals surface area (Å²) in [5, 5.41) is 3.61. The third-order valence-corrected chi connectivity index (χ3v) is 3.86. The predicted octanol–water partition coefficient (Wildman–Crippen LogP) is 3.99. The fourth-order valence-electron chi connectivity index (χ4n) is 2.39. The lowest BCUT2D eigenvalue weighted by Crippen LogP contribution is -2.30. The smallest absolute Gasteiger partial charge is 0.251 e. The van der Waals surface area contributed by atoms with Gasteiger partial charge >= 0.3 is 0 Å². The molecule has 0 fully saturated rings. The van der Waals surface area contributed by atoms with E-state index in [1.165, 1.54) is 0 Å². The van der Waals surface area contributed by atoms with E-state index in [0.29, 0.717) is 10.6 Å². The summed E-state index contributed by atoms with van der Waals surface area (Å²) < 4.78 is 5.61. The molecule has 1 aliphatic rings. The van der Waals surface area contributed by atoms with E-state index in [1.807, 2.05) is 49.4 Å². The standard InChI is InChI=1S/C18H16ClNO2/c1-12(13-5-3-2-4-6-13)20-18(21)15-9-14-10-16(19)7-8-17(14)22-11-15/h2-10,12H,11H2,1H3,(H,20,21). The molecule has 2 aromatic carbocycles. The molecule has 0 saturated heterocycles. The Morgan fingerprint density at radius 3 is 2.77 bits per heavy atom. The predicted molar refractivity (Wildman–Crippen MR) is 87.9 cm³/mol. The molecule has 4 heteroatoms. The quantitative estimate of drug-likeness (QED) is 0.930. The summed E-state index contributed by atoms with van der Waals surface area (Å²) in [6.07, 6.45) is 1.83. The highest BCUT2D eigenvalue weighted by Gasteiger charge is 2.19. The third-order valence-electron chi connectivity index (χ3n) is 3.62. The minimum absolute atomic E-state index is 0.0599. The maximum Gasteiger partial charge on any atom is 0.251 e. The fraction of sp³-hybridized carbons (Fsp3) is 0.167. The van der Waals surface area contributed by atoms with Gasteiger partial charge in [0.2, 0.25) is 0 Å². The van der Waals surface area contributed by atoms with E-state index in [4.69, 9.17) is 16.3 Å². The van der Waals surface area contributed by atoms with Crippen LogP contribution >= 0.6 is 11.6 Å². The number of halogens is 1. The lowest BCUT2D eigenvalue weighted by molar-refractivity contribution is -0.118. The monoisotopic (exact) mass is 313 g/mol. The van der Waals surface area contributed by atoms with Crippen LogP contribution in [0.4, 0.5) is 0 Å². The number of amides is 1. The Hall–Kier alpha value is -2.26. The molecule has 1 atom stereocenters. The third kappa shape index (κ3) is 3.15. The first kappa shape index (κ1) is 14.7. The van der Waals surface area contributed by atoms with E-state index in [1.54, 1.807) is 12.1 Å². The highest BCUT2D eigenvalue weighted by Crippen LogP contribution is 2.29. The van der Waals surface area contributed by atoms with Gasteiger partial charge in [-0.1, -0.05) is 41.9 Å². The molecule has 3 nitrogen and oxygen atoms in total. The molecule has 0 aromatic heterocycles. The van der Waals surface area contributed by atoms with E-state index >= 15 is 0 Å². The van der Waals surface area contributed by atoms with Crippen molar-refractivity contribution in [1.82, 2.24) is 5.32 Å². The Morgan fingerprint density at radius 1 is 1.23 bits per heavy atom. The Balaban J connectivity index is 1.76. The summed E-state index contributed by atoms with van der Waals surface area (Å²) in [6, 6.07) is 15.2. The number of hydrogen-bond donors (Lipinski definition) is 1. The maximum atomic E-state index is 12.4. The molecule has 0 spiro atoms. The number of ether oxygens (including phenoxy) is 1. The van der Waals surface area contributed by atoms with Gasteiger partial charge in [-0.3, -0.25) is 4.79 Å². The second-order valence-corrected chi connectivity index (χ2v) is 5.68. The molecule has 0 radical (unpaired) electrons. The van der Waals surface area contributed by atoms with E-state index in [0.717, 1.165) is 16.9 Å². The number of fused-ring (bicyclic) bond motifs is 1. The van der Waals surface area contributed by atoms with Crippen LogP contribution < -0.4 is 10.1 Å². The molecule has 1 heterocycles. The second kappa shape index (κ2) is 6.24. The van der Waals surface area contributed by atoms with Crippen molar-refractivity contribution in [2.45, 2.75) is 13.0 Å². The van der Waals surface area contributed by atoms with Gasteiger partial charge in [0.05, 0.1) is 11.6 Å². The summed E-state index contributed by atoms with van der Waals surface area (Å²) in [7, 11) is 0. The zero-order valence-electron chi connectivity index (χ0n) is 12.2. The number of benzene rings is 2. The van der Waals surface area contributed by atoms with Crippen molar-refractivity contribution in [1.29, 1.82) is 0 Å². The van der Waals surface area contributed by atoms with Gasteiger partial charge in [0.25, 0.3) is 5.91 Å². The van der Waals surface area contributed by atoms with Crippen LogP contribution in [0.25, 0.3) is 6.08 Å². The van der Waals surface area contributed by atoms with Gasteiger partial charge in [0, 0.05) is 10.6 Å². The SMILES string of the molecule is CC(NC(=O)C1=Cc2cc(Cl)ccc2OC1)c1ccccc1. The lowest BCUT2D eigenvalue weighted by atomic mass is 10.1. The molecule has 1 aliphatic heterocycles. The van der Waals surface area contributed by atoms with E-state index in [-0.39, 0.29) is 18.6 Å². The maximum absolute atomic E-state index is 12.4. The van der Waals surface area contributed by atoms with Gasteiger partial charge in [-0.15, -0.1) is 0 Å².